The van der Waals surface area contributed by atoms with Gasteiger partial charge in [-0.3, -0.25) is 9.78 Å². The summed E-state index contributed by atoms with van der Waals surface area (Å²) in [4.78, 5) is 14.7. The molecule has 0 radical (unpaired) electrons. The molecule has 4 heteroatoms. The predicted octanol–water partition coefficient (Wildman–Crippen LogP) is 0.980. The molecule has 1 aromatic rings. The molecule has 1 atom stereocenters. The van der Waals surface area contributed by atoms with Crippen LogP contribution in [0.15, 0.2) is 24.5 Å². The Morgan fingerprint density at radius 1 is 1.92 bits per heavy atom. The standard InChI is InChI=1S/C9H11NO3/c11-8(3-4-9(12)13)7-2-1-5-10-6-7/h1-2,5-6,8,11H,3-4H2,(H,12,13)/i3D2,4D2,8D/hD. The number of rotatable bonds is 4. The lowest BCUT2D eigenvalue weighted by Gasteiger charge is -2.07. The van der Waals surface area contributed by atoms with Crippen LogP contribution in [-0.2, 0) is 4.79 Å². The topological polar surface area (TPSA) is 70.4 Å². The van der Waals surface area contributed by atoms with Gasteiger partial charge in [0.2, 0.25) is 0 Å². The van der Waals surface area contributed by atoms with Gasteiger partial charge in [-0.15, -0.1) is 0 Å². The van der Waals surface area contributed by atoms with Crippen LogP contribution in [0.5, 0.6) is 0 Å². The molecule has 0 amide bonds. The van der Waals surface area contributed by atoms with Crippen molar-refractivity contribution in [3.63, 3.8) is 0 Å². The molecule has 0 aliphatic rings. The van der Waals surface area contributed by atoms with Gasteiger partial charge in [0, 0.05) is 24.2 Å². The van der Waals surface area contributed by atoms with Crippen LogP contribution in [0.4, 0.5) is 0 Å². The van der Waals surface area contributed by atoms with Gasteiger partial charge >= 0.3 is 5.97 Å². The number of aliphatic hydroxyl groups is 1. The molecule has 0 aliphatic heterocycles. The van der Waals surface area contributed by atoms with E-state index in [1.54, 1.807) is 0 Å². The van der Waals surface area contributed by atoms with Crippen LogP contribution >= 0.6 is 0 Å². The van der Waals surface area contributed by atoms with Gasteiger partial charge in [-0.2, -0.15) is 0 Å². The minimum atomic E-state index is -3.39. The van der Waals surface area contributed by atoms with Crippen molar-refractivity contribution < 1.29 is 21.9 Å². The van der Waals surface area contributed by atoms with Crippen molar-refractivity contribution in [1.29, 1.82) is 1.43 Å². The van der Waals surface area contributed by atoms with Gasteiger partial charge in [-0.25, -0.2) is 0 Å². The molecule has 1 aromatic heterocycles. The van der Waals surface area contributed by atoms with E-state index in [1.165, 1.54) is 18.3 Å². The van der Waals surface area contributed by atoms with E-state index in [0.717, 1.165) is 6.20 Å². The number of nitrogens with zero attached hydrogens (tertiary/aromatic N) is 1. The van der Waals surface area contributed by atoms with Gasteiger partial charge < -0.3 is 10.2 Å². The van der Waals surface area contributed by atoms with Gasteiger partial charge in [0.25, 0.3) is 1.43 Å². The normalized spacial score (nSPS) is 23.5. The third-order valence-electron chi connectivity index (χ3n) is 1.22. The quantitative estimate of drug-likeness (QED) is 0.737. The van der Waals surface area contributed by atoms with E-state index in [4.69, 9.17) is 8.28 Å². The molecule has 0 spiro atoms. The Labute approximate surface area is 84.4 Å². The Hall–Kier alpha value is -1.42. The summed E-state index contributed by atoms with van der Waals surface area (Å²) in [5.41, 5.74) is -0.332. The number of hydrogen-bond acceptors (Lipinski definition) is 4. The van der Waals surface area contributed by atoms with Crippen LogP contribution in [0.25, 0.3) is 1.43 Å². The lowest BCUT2D eigenvalue weighted by Crippen LogP contribution is -2.02. The summed E-state index contributed by atoms with van der Waals surface area (Å²) in [6, 6.07) is 2.49. The third kappa shape index (κ3) is 3.21. The molecule has 2 N–H and O–H groups in total. The van der Waals surface area contributed by atoms with Crippen molar-refractivity contribution in [2.45, 2.75) is 18.8 Å². The van der Waals surface area contributed by atoms with Crippen LogP contribution in [-0.4, -0.2) is 21.2 Å². The van der Waals surface area contributed by atoms with Crippen LogP contribution < -0.4 is 0 Å². The maximum atomic E-state index is 11.1. The first kappa shape index (κ1) is 4.19. The van der Waals surface area contributed by atoms with E-state index in [1.807, 2.05) is 0 Å². The Morgan fingerprint density at radius 3 is 3.38 bits per heavy atom. The van der Waals surface area contributed by atoms with Gasteiger partial charge in [0.15, 0.2) is 0 Å². The highest BCUT2D eigenvalue weighted by atomic mass is 16.4. The number of hydrogen-bond donors (Lipinski definition) is 2. The molecular weight excluding hydrogens is 170 g/mol. The minimum absolute atomic E-state index is 0.332. The molecule has 4 nitrogen and oxygen atoms in total. The van der Waals surface area contributed by atoms with Crippen molar-refractivity contribution in [2.75, 3.05) is 0 Å². The molecule has 13 heavy (non-hydrogen) atoms. The van der Waals surface area contributed by atoms with E-state index in [0.29, 0.717) is 0 Å². The largest absolute Gasteiger partial charge is 0.481 e. The molecule has 1 rings (SSSR count). The summed E-state index contributed by atoms with van der Waals surface area (Å²) >= 11 is 0. The first-order valence-electron chi connectivity index (χ1n) is 6.30. The van der Waals surface area contributed by atoms with Gasteiger partial charge in [-0.05, 0) is 18.0 Å². The smallest absolute Gasteiger partial charge is 0.303 e. The number of aromatic nitrogens is 1. The maximum absolute atomic E-state index is 11.1. The molecular formula is C9H11NO3. The summed E-state index contributed by atoms with van der Waals surface area (Å²) in [5, 5.41) is 13.4. The molecule has 0 fully saturated rings. The minimum Gasteiger partial charge on any atom is -0.481 e. The van der Waals surface area contributed by atoms with Crippen LogP contribution in [0.3, 0.4) is 0 Å². The van der Waals surface area contributed by atoms with Gasteiger partial charge in [0.1, 0.15) is 0 Å². The first-order chi connectivity index (χ1) is 8.59. The molecule has 0 bridgehead atoms. The van der Waals surface area contributed by atoms with Gasteiger partial charge in [-0.1, -0.05) is 6.07 Å². The fourth-order valence-corrected chi connectivity index (χ4v) is 0.685. The van der Waals surface area contributed by atoms with Crippen molar-refractivity contribution in [2.24, 2.45) is 0 Å². The number of pyridine rings is 1. The highest BCUT2D eigenvalue weighted by Gasteiger charge is 2.08. The summed E-state index contributed by atoms with van der Waals surface area (Å²) in [6.45, 7) is 0. The lowest BCUT2D eigenvalue weighted by atomic mass is 10.1. The average molecular weight is 187 g/mol. The summed E-state index contributed by atoms with van der Waals surface area (Å²) in [6.07, 6.45) is -7.53. The number of carbonyl (C=O) groups is 1. The Morgan fingerprint density at radius 2 is 2.77 bits per heavy atom. The molecule has 1 heterocycles. The van der Waals surface area contributed by atoms with Crippen molar-refractivity contribution in [3.8, 4) is 0 Å². The summed E-state index contributed by atoms with van der Waals surface area (Å²) in [7, 11) is 0. The highest BCUT2D eigenvalue weighted by molar-refractivity contribution is 5.66. The zero-order valence-electron chi connectivity index (χ0n) is 12.5. The predicted molar refractivity (Wildman–Crippen MR) is 46.1 cm³/mol. The lowest BCUT2D eigenvalue weighted by molar-refractivity contribution is -0.137. The third-order valence-corrected chi connectivity index (χ3v) is 1.22. The van der Waals surface area contributed by atoms with Crippen LogP contribution in [0.1, 0.15) is 31.2 Å². The molecule has 0 saturated carbocycles. The Kier molecular flexibility index (Phi) is 1.47. The van der Waals surface area contributed by atoms with Crippen molar-refractivity contribution in [3.05, 3.63) is 30.1 Å². The van der Waals surface area contributed by atoms with Crippen LogP contribution in [0.2, 0.25) is 0 Å². The Balaban J connectivity index is 3.29. The fourth-order valence-electron chi connectivity index (χ4n) is 0.685. The molecule has 1 unspecified atom stereocenters. The average Bonchev–Trinajstić information content (AvgIpc) is 2.38. The number of aliphatic carboxylic acids is 1. The van der Waals surface area contributed by atoms with Crippen LogP contribution in [0, 0.1) is 0 Å². The van der Waals surface area contributed by atoms with Gasteiger partial charge in [0.05, 0.1) is 7.45 Å². The first-order valence-corrected chi connectivity index (χ1v) is 3.39. The van der Waals surface area contributed by atoms with E-state index in [2.05, 4.69) is 10.1 Å². The Bertz CT molecular complexity index is 464. The zero-order valence-corrected chi connectivity index (χ0v) is 6.52. The molecule has 0 saturated heterocycles. The van der Waals surface area contributed by atoms with E-state index in [9.17, 15) is 9.90 Å². The van der Waals surface area contributed by atoms with E-state index >= 15 is 0 Å². The fraction of sp³-hybridized carbons (Fsp3) is 0.333. The number of carboxylic acids is 1. The molecule has 0 aromatic carbocycles. The SMILES string of the molecule is [2H]OC(=O)C([2H])([2H])C([2H])([2H])C([2H])(O)c1cccnc1. The second-order valence-electron chi connectivity index (χ2n) is 2.13. The maximum Gasteiger partial charge on any atom is 0.303 e. The number of carboxylic acid groups (broad SMARTS) is 1. The second kappa shape index (κ2) is 4.57. The van der Waals surface area contributed by atoms with E-state index in [-0.39, 0.29) is 5.56 Å². The van der Waals surface area contributed by atoms with E-state index < -0.39 is 24.8 Å². The zero-order chi connectivity index (χ0) is 14.9. The second-order valence-corrected chi connectivity index (χ2v) is 2.13. The van der Waals surface area contributed by atoms with Crippen molar-refractivity contribution in [1.82, 2.24) is 4.98 Å². The summed E-state index contributed by atoms with van der Waals surface area (Å²) < 4.78 is 43.7. The summed E-state index contributed by atoms with van der Waals surface area (Å²) in [5.74, 6) is -1.84. The van der Waals surface area contributed by atoms with Crippen molar-refractivity contribution >= 4 is 5.97 Å². The molecule has 0 aliphatic carbocycles. The highest BCUT2D eigenvalue weighted by Crippen LogP contribution is 2.16. The molecule has 70 valence electrons. The monoisotopic (exact) mass is 187 g/mol.